The standard InChI is InChI=1S/C32H54O7/c1-2-3-4-5-8-15-25(33)20-21-27-26(16-9-6-7-10-17-30(34)35)28(38-31-18-11-13-22-36-31)24-29(27)39-32-19-12-14-23-37-32/h6,9,26-29,31-32H,2-5,7-8,10-24H2,1H3,(H,34,35)/t26-,27-,28+,29-,31?,32?/m1/s1. The minimum atomic E-state index is -0.750. The van der Waals surface area contributed by atoms with Crippen LogP contribution in [0.4, 0.5) is 0 Å². The second-order valence-corrected chi connectivity index (χ2v) is 11.7. The molecule has 3 fully saturated rings. The zero-order valence-electron chi connectivity index (χ0n) is 24.4. The molecular weight excluding hydrogens is 496 g/mol. The highest BCUT2D eigenvalue weighted by molar-refractivity contribution is 5.78. The SMILES string of the molecule is CCCCCCCC(=O)CC[C@@H]1[C@@H](CC=CCCCC(=O)O)[C@@H](OC2CCCCO2)C[C@H]1OC1CCCCO1. The van der Waals surface area contributed by atoms with Gasteiger partial charge in [-0.05, 0) is 82.5 Å². The van der Waals surface area contributed by atoms with E-state index in [0.29, 0.717) is 25.0 Å². The van der Waals surface area contributed by atoms with Crippen LogP contribution in [0.3, 0.4) is 0 Å². The summed E-state index contributed by atoms with van der Waals surface area (Å²) in [5, 5.41) is 8.92. The van der Waals surface area contributed by atoms with Crippen LogP contribution in [-0.2, 0) is 28.5 Å². The van der Waals surface area contributed by atoms with Gasteiger partial charge >= 0.3 is 5.97 Å². The highest BCUT2D eigenvalue weighted by Gasteiger charge is 2.46. The first kappa shape index (κ1) is 32.2. The maximum atomic E-state index is 12.8. The van der Waals surface area contributed by atoms with E-state index in [1.165, 1.54) is 19.3 Å². The maximum absolute atomic E-state index is 12.8. The molecule has 0 radical (unpaired) electrons. The minimum absolute atomic E-state index is 0.00413. The van der Waals surface area contributed by atoms with Gasteiger partial charge in [-0.2, -0.15) is 0 Å². The Morgan fingerprint density at radius 3 is 2.08 bits per heavy atom. The molecule has 3 rings (SSSR count). The molecule has 7 nitrogen and oxygen atoms in total. The lowest BCUT2D eigenvalue weighted by Gasteiger charge is -2.31. The van der Waals surface area contributed by atoms with Crippen molar-refractivity contribution in [2.45, 2.75) is 154 Å². The molecule has 7 heteroatoms. The van der Waals surface area contributed by atoms with E-state index in [2.05, 4.69) is 19.1 Å². The number of carboxylic acids is 1. The van der Waals surface area contributed by atoms with Crippen molar-refractivity contribution in [1.82, 2.24) is 0 Å². The van der Waals surface area contributed by atoms with Crippen LogP contribution < -0.4 is 0 Å². The summed E-state index contributed by atoms with van der Waals surface area (Å²) in [5.41, 5.74) is 0. The summed E-state index contributed by atoms with van der Waals surface area (Å²) < 4.78 is 25.1. The first-order chi connectivity index (χ1) is 19.1. The van der Waals surface area contributed by atoms with Crippen LogP contribution in [0.2, 0.25) is 0 Å². The lowest BCUT2D eigenvalue weighted by atomic mass is 9.85. The van der Waals surface area contributed by atoms with E-state index in [1.807, 2.05) is 0 Å². The van der Waals surface area contributed by atoms with Gasteiger partial charge in [-0.1, -0.05) is 44.8 Å². The fourth-order valence-electron chi connectivity index (χ4n) is 6.32. The average Bonchev–Trinajstić information content (AvgIpc) is 3.25. The third-order valence-electron chi connectivity index (χ3n) is 8.55. The van der Waals surface area contributed by atoms with Crippen LogP contribution in [0.1, 0.15) is 129 Å². The molecule has 224 valence electrons. The Balaban J connectivity index is 1.64. The third kappa shape index (κ3) is 12.4. The van der Waals surface area contributed by atoms with Gasteiger partial charge < -0.3 is 24.1 Å². The molecular formula is C32H54O7. The van der Waals surface area contributed by atoms with Gasteiger partial charge in [0.05, 0.1) is 12.2 Å². The summed E-state index contributed by atoms with van der Waals surface area (Å²) in [5.74, 6) is 0.0660. The number of aliphatic carboxylic acids is 1. The summed E-state index contributed by atoms with van der Waals surface area (Å²) in [6.45, 7) is 3.71. The molecule has 2 heterocycles. The van der Waals surface area contributed by atoms with Crippen molar-refractivity contribution in [3.8, 4) is 0 Å². The van der Waals surface area contributed by atoms with E-state index < -0.39 is 5.97 Å². The number of ketones is 1. The quantitative estimate of drug-likeness (QED) is 0.133. The first-order valence-corrected chi connectivity index (χ1v) is 16.0. The second-order valence-electron chi connectivity index (χ2n) is 11.7. The molecule has 1 saturated carbocycles. The zero-order chi connectivity index (χ0) is 27.7. The summed E-state index contributed by atoms with van der Waals surface area (Å²) in [6, 6.07) is 0. The van der Waals surface area contributed by atoms with Gasteiger partial charge in [0.1, 0.15) is 5.78 Å². The van der Waals surface area contributed by atoms with Crippen LogP contribution in [0.15, 0.2) is 12.2 Å². The lowest BCUT2D eigenvalue weighted by molar-refractivity contribution is -0.204. The van der Waals surface area contributed by atoms with Gasteiger partial charge in [0.2, 0.25) is 0 Å². The van der Waals surface area contributed by atoms with Crippen molar-refractivity contribution < 1.29 is 33.6 Å². The molecule has 3 aliphatic rings. The van der Waals surface area contributed by atoms with E-state index in [-0.39, 0.29) is 43.0 Å². The van der Waals surface area contributed by atoms with E-state index in [4.69, 9.17) is 24.1 Å². The number of unbranched alkanes of at least 4 members (excludes halogenated alkanes) is 5. The number of carbonyl (C=O) groups excluding carboxylic acids is 1. The fraction of sp³-hybridized carbons (Fsp3) is 0.875. The van der Waals surface area contributed by atoms with Gasteiger partial charge in [-0.25, -0.2) is 0 Å². The van der Waals surface area contributed by atoms with Crippen molar-refractivity contribution in [1.29, 1.82) is 0 Å². The zero-order valence-corrected chi connectivity index (χ0v) is 24.4. The smallest absolute Gasteiger partial charge is 0.303 e. The van der Waals surface area contributed by atoms with E-state index >= 15 is 0 Å². The predicted molar refractivity (Wildman–Crippen MR) is 151 cm³/mol. The molecule has 1 aliphatic carbocycles. The van der Waals surface area contributed by atoms with Crippen LogP contribution in [0.5, 0.6) is 0 Å². The Kier molecular flexibility index (Phi) is 15.7. The van der Waals surface area contributed by atoms with Crippen molar-refractivity contribution in [2.75, 3.05) is 13.2 Å². The van der Waals surface area contributed by atoms with Crippen LogP contribution in [0, 0.1) is 11.8 Å². The Morgan fingerprint density at radius 1 is 0.795 bits per heavy atom. The monoisotopic (exact) mass is 550 g/mol. The van der Waals surface area contributed by atoms with Crippen molar-refractivity contribution >= 4 is 11.8 Å². The summed E-state index contributed by atoms with van der Waals surface area (Å²) in [6.07, 6.45) is 21.4. The Hall–Kier alpha value is -1.28. The topological polar surface area (TPSA) is 91.3 Å². The molecule has 2 unspecified atom stereocenters. The minimum Gasteiger partial charge on any atom is -0.481 e. The third-order valence-corrected chi connectivity index (χ3v) is 8.55. The highest BCUT2D eigenvalue weighted by Crippen LogP contribution is 2.43. The number of ether oxygens (including phenoxy) is 4. The van der Waals surface area contributed by atoms with Crippen molar-refractivity contribution in [2.24, 2.45) is 11.8 Å². The predicted octanol–water partition coefficient (Wildman–Crippen LogP) is 7.36. The van der Waals surface area contributed by atoms with Crippen molar-refractivity contribution in [3.63, 3.8) is 0 Å². The fourth-order valence-corrected chi connectivity index (χ4v) is 6.32. The average molecular weight is 551 g/mol. The van der Waals surface area contributed by atoms with E-state index in [0.717, 1.165) is 90.3 Å². The molecule has 0 bridgehead atoms. The van der Waals surface area contributed by atoms with Gasteiger partial charge in [-0.3, -0.25) is 9.59 Å². The molecule has 6 atom stereocenters. The van der Waals surface area contributed by atoms with Gasteiger partial charge in [0.15, 0.2) is 12.6 Å². The molecule has 0 aromatic heterocycles. The molecule has 2 saturated heterocycles. The first-order valence-electron chi connectivity index (χ1n) is 16.0. The molecule has 0 aromatic rings. The van der Waals surface area contributed by atoms with Crippen molar-refractivity contribution in [3.05, 3.63) is 12.2 Å². The van der Waals surface area contributed by atoms with Crippen LogP contribution in [-0.4, -0.2) is 54.9 Å². The van der Waals surface area contributed by atoms with Gasteiger partial charge in [0.25, 0.3) is 0 Å². The Labute approximate surface area is 236 Å². The molecule has 39 heavy (non-hydrogen) atoms. The number of hydrogen-bond donors (Lipinski definition) is 1. The summed E-state index contributed by atoms with van der Waals surface area (Å²) >= 11 is 0. The number of hydrogen-bond acceptors (Lipinski definition) is 6. The number of Topliss-reactive ketones (excluding diaryl/α,β-unsaturated/α-hetero) is 1. The van der Waals surface area contributed by atoms with E-state index in [9.17, 15) is 9.59 Å². The Morgan fingerprint density at radius 2 is 1.46 bits per heavy atom. The van der Waals surface area contributed by atoms with Crippen LogP contribution in [0.25, 0.3) is 0 Å². The normalized spacial score (nSPS) is 29.7. The molecule has 2 aliphatic heterocycles. The van der Waals surface area contributed by atoms with E-state index in [1.54, 1.807) is 0 Å². The molecule has 0 spiro atoms. The molecule has 0 aromatic carbocycles. The number of allylic oxidation sites excluding steroid dienone is 2. The lowest BCUT2D eigenvalue weighted by Crippen LogP contribution is -2.32. The van der Waals surface area contributed by atoms with Crippen LogP contribution >= 0.6 is 0 Å². The highest BCUT2D eigenvalue weighted by atomic mass is 16.7. The number of carboxylic acid groups (broad SMARTS) is 1. The summed E-state index contributed by atoms with van der Waals surface area (Å²) in [4.78, 5) is 23.7. The summed E-state index contributed by atoms with van der Waals surface area (Å²) in [7, 11) is 0. The number of rotatable bonds is 19. The Bertz CT molecular complexity index is 711. The second kappa shape index (κ2) is 19.0. The maximum Gasteiger partial charge on any atom is 0.303 e. The van der Waals surface area contributed by atoms with Gasteiger partial charge in [0, 0.05) is 38.9 Å². The number of carbonyl (C=O) groups is 2. The van der Waals surface area contributed by atoms with Gasteiger partial charge in [-0.15, -0.1) is 0 Å². The largest absolute Gasteiger partial charge is 0.481 e. The molecule has 0 amide bonds. The molecule has 1 N–H and O–H groups in total.